The highest BCUT2D eigenvalue weighted by Gasteiger charge is 1.94. The molecule has 0 aliphatic rings. The fourth-order valence-electron chi connectivity index (χ4n) is 2.90. The van der Waals surface area contributed by atoms with E-state index in [0.29, 0.717) is 0 Å². The van der Waals surface area contributed by atoms with Gasteiger partial charge in [-0.1, -0.05) is 115 Å². The quantitative estimate of drug-likeness (QED) is 0.188. The van der Waals surface area contributed by atoms with Gasteiger partial charge in [0.25, 0.3) is 0 Å². The topological polar surface area (TPSA) is 0 Å². The van der Waals surface area contributed by atoms with Crippen LogP contribution in [0.4, 0.5) is 0 Å². The summed E-state index contributed by atoms with van der Waals surface area (Å²) < 4.78 is 0. The maximum atomic E-state index is 3.89. The van der Waals surface area contributed by atoms with Gasteiger partial charge in [0.05, 0.1) is 0 Å². The van der Waals surface area contributed by atoms with Crippen molar-refractivity contribution in [1.29, 1.82) is 0 Å². The van der Waals surface area contributed by atoms with Crippen LogP contribution in [0.25, 0.3) is 0 Å². The van der Waals surface area contributed by atoms with Crippen LogP contribution in [-0.2, 0) is 0 Å². The van der Waals surface area contributed by atoms with E-state index in [1.165, 1.54) is 103 Å². The summed E-state index contributed by atoms with van der Waals surface area (Å²) in [7, 11) is 0. The summed E-state index contributed by atoms with van der Waals surface area (Å²) in [5.74, 6) is 0. The van der Waals surface area contributed by atoms with E-state index in [-0.39, 0.29) is 0 Å². The van der Waals surface area contributed by atoms with Crippen molar-refractivity contribution in [2.45, 2.75) is 116 Å². The van der Waals surface area contributed by atoms with Crippen molar-refractivity contribution >= 4 is 0 Å². The molecule has 0 aliphatic carbocycles. The van der Waals surface area contributed by atoms with Gasteiger partial charge in [0.15, 0.2) is 0 Å². The summed E-state index contributed by atoms with van der Waals surface area (Å²) in [6.45, 7) is 6.01. The first-order valence-electron chi connectivity index (χ1n) is 9.82. The molecular weight excluding hydrogens is 252 g/mol. The van der Waals surface area contributed by atoms with Crippen molar-refractivity contribution in [3.05, 3.63) is 19.1 Å². The molecule has 0 atom stereocenters. The minimum Gasteiger partial charge on any atom is -0.0917 e. The van der Waals surface area contributed by atoms with Crippen LogP contribution in [0.2, 0.25) is 0 Å². The van der Waals surface area contributed by atoms with Gasteiger partial charge < -0.3 is 0 Å². The zero-order chi connectivity index (χ0) is 15.4. The maximum Gasteiger partial charge on any atom is -0.0351 e. The van der Waals surface area contributed by atoms with E-state index >= 15 is 0 Å². The molecule has 0 unspecified atom stereocenters. The maximum absolute atomic E-state index is 3.89. The van der Waals surface area contributed by atoms with Crippen LogP contribution in [0.15, 0.2) is 12.2 Å². The van der Waals surface area contributed by atoms with Crippen molar-refractivity contribution < 1.29 is 0 Å². The first-order chi connectivity index (χ1) is 10.4. The number of hydrogen-bond donors (Lipinski definition) is 0. The van der Waals surface area contributed by atoms with Crippen LogP contribution < -0.4 is 0 Å². The van der Waals surface area contributed by atoms with Gasteiger partial charge in [-0.3, -0.25) is 0 Å². The molecule has 0 amide bonds. The molecule has 0 heteroatoms. The smallest absolute Gasteiger partial charge is 0.0351 e. The predicted molar refractivity (Wildman–Crippen MR) is 98.7 cm³/mol. The number of unbranched alkanes of at least 4 members (excludes halogenated alkanes) is 16. The molecule has 0 aromatic heterocycles. The Kier molecular flexibility index (Phi) is 19.5. The van der Waals surface area contributed by atoms with Crippen molar-refractivity contribution in [2.24, 2.45) is 0 Å². The lowest BCUT2D eigenvalue weighted by Crippen LogP contribution is -1.83. The van der Waals surface area contributed by atoms with Gasteiger partial charge in [-0.05, 0) is 19.8 Å². The summed E-state index contributed by atoms with van der Waals surface area (Å²) in [5.41, 5.74) is 0. The lowest BCUT2D eigenvalue weighted by Gasteiger charge is -2.03. The van der Waals surface area contributed by atoms with Gasteiger partial charge in [0.1, 0.15) is 0 Å². The van der Waals surface area contributed by atoms with Crippen molar-refractivity contribution in [3.63, 3.8) is 0 Å². The van der Waals surface area contributed by atoms with Crippen molar-refractivity contribution in [1.82, 2.24) is 0 Å². The average Bonchev–Trinajstić information content (AvgIpc) is 2.50. The Balaban J connectivity index is 2.93. The third-order valence-electron chi connectivity index (χ3n) is 4.36. The molecule has 0 heterocycles. The van der Waals surface area contributed by atoms with E-state index in [9.17, 15) is 0 Å². The first kappa shape index (κ1) is 20.7. The molecule has 0 N–H and O–H groups in total. The first-order valence-corrected chi connectivity index (χ1v) is 9.82. The fraction of sp³-hybridized carbons (Fsp3) is 0.857. The Morgan fingerprint density at radius 1 is 0.524 bits per heavy atom. The van der Waals surface area contributed by atoms with Crippen molar-refractivity contribution in [2.75, 3.05) is 0 Å². The monoisotopic (exact) mass is 293 g/mol. The highest BCUT2D eigenvalue weighted by atomic mass is 14.0. The van der Waals surface area contributed by atoms with Gasteiger partial charge in [0.2, 0.25) is 0 Å². The third kappa shape index (κ3) is 19.7. The van der Waals surface area contributed by atoms with Gasteiger partial charge in [-0.25, -0.2) is 0 Å². The Morgan fingerprint density at radius 2 is 0.857 bits per heavy atom. The molecule has 0 saturated carbocycles. The molecule has 0 aromatic carbocycles. The van der Waals surface area contributed by atoms with E-state index in [0.717, 1.165) is 6.42 Å². The molecule has 0 aliphatic heterocycles. The van der Waals surface area contributed by atoms with E-state index in [1.54, 1.807) is 0 Å². The van der Waals surface area contributed by atoms with Crippen LogP contribution in [-0.4, -0.2) is 0 Å². The predicted octanol–water partition coefficient (Wildman–Crippen LogP) is 8.03. The second-order valence-electron chi connectivity index (χ2n) is 6.51. The molecule has 0 nitrogen and oxygen atoms in total. The highest BCUT2D eigenvalue weighted by Crippen LogP contribution is 2.13. The third-order valence-corrected chi connectivity index (χ3v) is 4.36. The number of hydrogen-bond acceptors (Lipinski definition) is 0. The molecular formula is C21H41. The molecule has 125 valence electrons. The van der Waals surface area contributed by atoms with Crippen LogP contribution in [0.3, 0.4) is 0 Å². The van der Waals surface area contributed by atoms with Gasteiger partial charge >= 0.3 is 0 Å². The van der Waals surface area contributed by atoms with E-state index in [2.05, 4.69) is 26.0 Å². The Bertz CT molecular complexity index is 192. The standard InChI is InChI=1S/C21H41/c1-3-5-7-9-11-13-15-17-19-21-20-18-16-14-12-10-8-6-4-2/h4,6H,1,3,5,7-21H2,2H3/b6-4+. The van der Waals surface area contributed by atoms with Gasteiger partial charge in [-0.2, -0.15) is 0 Å². The summed E-state index contributed by atoms with van der Waals surface area (Å²) in [6, 6.07) is 0. The lowest BCUT2D eigenvalue weighted by atomic mass is 10.0. The van der Waals surface area contributed by atoms with Gasteiger partial charge in [0, 0.05) is 0 Å². The van der Waals surface area contributed by atoms with E-state index in [4.69, 9.17) is 0 Å². The second kappa shape index (κ2) is 19.7. The highest BCUT2D eigenvalue weighted by molar-refractivity contribution is 4.76. The number of allylic oxidation sites excluding steroid dienone is 2. The minimum absolute atomic E-state index is 1.12. The Labute approximate surface area is 135 Å². The molecule has 21 heavy (non-hydrogen) atoms. The van der Waals surface area contributed by atoms with Crippen molar-refractivity contribution in [3.8, 4) is 0 Å². The Hall–Kier alpha value is -0.260. The molecule has 1 radical (unpaired) electrons. The fourth-order valence-corrected chi connectivity index (χ4v) is 2.90. The largest absolute Gasteiger partial charge is 0.0917 e. The zero-order valence-electron chi connectivity index (χ0n) is 14.9. The van der Waals surface area contributed by atoms with Crippen LogP contribution in [0.1, 0.15) is 116 Å². The summed E-state index contributed by atoms with van der Waals surface area (Å²) in [5, 5.41) is 0. The zero-order valence-corrected chi connectivity index (χ0v) is 14.9. The van der Waals surface area contributed by atoms with E-state index < -0.39 is 0 Å². The molecule has 0 saturated heterocycles. The molecule has 0 bridgehead atoms. The van der Waals surface area contributed by atoms with Crippen LogP contribution in [0, 0.1) is 6.92 Å². The van der Waals surface area contributed by atoms with Crippen LogP contribution in [0.5, 0.6) is 0 Å². The lowest BCUT2D eigenvalue weighted by molar-refractivity contribution is 0.531. The molecule has 0 aromatic rings. The molecule has 0 spiro atoms. The SMILES string of the molecule is [CH2]CCCCCCCCCCCCCCCCC/C=C/C. The number of rotatable bonds is 17. The second-order valence-corrected chi connectivity index (χ2v) is 6.51. The molecule has 0 fully saturated rings. The minimum atomic E-state index is 1.12. The van der Waals surface area contributed by atoms with Crippen LogP contribution >= 0.6 is 0 Å². The summed E-state index contributed by atoms with van der Waals surface area (Å²) in [6.07, 6.45) is 28.5. The average molecular weight is 294 g/mol. The molecule has 0 rings (SSSR count). The normalized spacial score (nSPS) is 11.5. The van der Waals surface area contributed by atoms with Gasteiger partial charge in [-0.15, -0.1) is 0 Å². The summed E-state index contributed by atoms with van der Waals surface area (Å²) in [4.78, 5) is 0. The van der Waals surface area contributed by atoms with E-state index in [1.807, 2.05) is 0 Å². The Morgan fingerprint density at radius 3 is 1.19 bits per heavy atom. The summed E-state index contributed by atoms with van der Waals surface area (Å²) >= 11 is 0.